The second-order valence-corrected chi connectivity index (χ2v) is 7.34. The van der Waals surface area contributed by atoms with Gasteiger partial charge in [0.1, 0.15) is 16.4 Å². The molecule has 0 aliphatic rings. The van der Waals surface area contributed by atoms with E-state index < -0.39 is 5.97 Å². The Labute approximate surface area is 194 Å². The summed E-state index contributed by atoms with van der Waals surface area (Å²) in [5.74, 6) is 1.30. The van der Waals surface area contributed by atoms with Crippen LogP contribution < -0.4 is 23.7 Å². The number of rotatable bonds is 10. The van der Waals surface area contributed by atoms with E-state index in [4.69, 9.17) is 28.1 Å². The number of aromatic nitrogens is 2. The predicted octanol–water partition coefficient (Wildman–Crippen LogP) is 4.00. The molecular weight excluding hydrogens is 452 g/mol. The van der Waals surface area contributed by atoms with Gasteiger partial charge in [0.15, 0.2) is 11.5 Å². The lowest BCUT2D eigenvalue weighted by Crippen LogP contribution is -1.98. The highest BCUT2D eigenvalue weighted by Crippen LogP contribution is 2.40. The van der Waals surface area contributed by atoms with Crippen molar-refractivity contribution < 1.29 is 38.0 Å². The predicted molar refractivity (Wildman–Crippen MR) is 120 cm³/mol. The zero-order chi connectivity index (χ0) is 24.0. The van der Waals surface area contributed by atoms with Crippen molar-refractivity contribution in [3.8, 4) is 40.2 Å². The molecule has 0 radical (unpaired) electrons. The van der Waals surface area contributed by atoms with Crippen molar-refractivity contribution >= 4 is 23.8 Å². The molecule has 0 fully saturated rings. The minimum absolute atomic E-state index is 0.0490. The molecule has 2 aromatic carbocycles. The monoisotopic (exact) mass is 474 g/mol. The first-order valence-corrected chi connectivity index (χ1v) is 10.2. The van der Waals surface area contributed by atoms with Crippen molar-refractivity contribution in [2.45, 2.75) is 5.22 Å². The van der Waals surface area contributed by atoms with Crippen LogP contribution in [0.1, 0.15) is 5.56 Å². The number of carboxylic acids is 1. The Kier molecular flexibility index (Phi) is 7.67. The number of aliphatic carboxylic acids is 1. The Hall–Kier alpha value is -3.86. The molecule has 3 rings (SSSR count). The molecule has 0 saturated carbocycles. The first kappa shape index (κ1) is 23.8. The quantitative estimate of drug-likeness (QED) is 0.339. The molecule has 3 aromatic rings. The van der Waals surface area contributed by atoms with Gasteiger partial charge in [-0.25, -0.2) is 4.79 Å². The summed E-state index contributed by atoms with van der Waals surface area (Å²) in [6.45, 7) is 0. The van der Waals surface area contributed by atoms with Crippen LogP contribution in [0, 0.1) is 0 Å². The Bertz CT molecular complexity index is 1130. The van der Waals surface area contributed by atoms with Crippen LogP contribution in [0.3, 0.4) is 0 Å². The molecule has 0 saturated heterocycles. The summed E-state index contributed by atoms with van der Waals surface area (Å²) in [5.41, 5.74) is 1.09. The van der Waals surface area contributed by atoms with Crippen LogP contribution in [0.15, 0.2) is 44.9 Å². The lowest BCUT2D eigenvalue weighted by atomic mass is 10.1. The minimum atomic E-state index is -1.17. The number of nitrogens with zero attached hydrogens (tertiary/aromatic N) is 2. The molecule has 0 bridgehead atoms. The van der Waals surface area contributed by atoms with Gasteiger partial charge in [0.25, 0.3) is 5.22 Å². The molecule has 0 aliphatic heterocycles. The lowest BCUT2D eigenvalue weighted by molar-refractivity contribution is -0.131. The molecule has 1 N–H and O–H groups in total. The SMILES string of the molecule is COc1cc(OC)cc(-c2nnc(S/C(=C\c3cc(OC)c(OC)c(OC)c3)C(=O)O)o2)c1. The van der Waals surface area contributed by atoms with Crippen molar-refractivity contribution in [2.24, 2.45) is 0 Å². The zero-order valence-corrected chi connectivity index (χ0v) is 19.4. The van der Waals surface area contributed by atoms with Gasteiger partial charge in [-0.3, -0.25) is 0 Å². The molecule has 0 unspecified atom stereocenters. The van der Waals surface area contributed by atoms with Crippen molar-refractivity contribution in [3.05, 3.63) is 40.8 Å². The molecular formula is C22H22N2O8S. The van der Waals surface area contributed by atoms with Gasteiger partial charge >= 0.3 is 5.97 Å². The molecule has 0 atom stereocenters. The Balaban J connectivity index is 1.93. The van der Waals surface area contributed by atoms with Crippen molar-refractivity contribution in [1.29, 1.82) is 0 Å². The number of benzene rings is 2. The smallest absolute Gasteiger partial charge is 0.342 e. The Morgan fingerprint density at radius 2 is 1.48 bits per heavy atom. The third-order valence-electron chi connectivity index (χ3n) is 4.40. The van der Waals surface area contributed by atoms with Crippen LogP contribution in [0.5, 0.6) is 28.7 Å². The summed E-state index contributed by atoms with van der Waals surface area (Å²) in [4.78, 5) is 11.8. The van der Waals surface area contributed by atoms with Crippen LogP contribution in [0.25, 0.3) is 17.5 Å². The van der Waals surface area contributed by atoms with E-state index in [2.05, 4.69) is 10.2 Å². The normalized spacial score (nSPS) is 11.1. The second kappa shape index (κ2) is 10.6. The van der Waals surface area contributed by atoms with Gasteiger partial charge in [0.05, 0.1) is 35.5 Å². The molecule has 1 aromatic heterocycles. The fraction of sp³-hybridized carbons (Fsp3) is 0.227. The molecule has 0 spiro atoms. The molecule has 10 nitrogen and oxygen atoms in total. The van der Waals surface area contributed by atoms with E-state index in [1.165, 1.54) is 41.6 Å². The highest BCUT2D eigenvalue weighted by atomic mass is 32.2. The largest absolute Gasteiger partial charge is 0.497 e. The average molecular weight is 474 g/mol. The summed E-state index contributed by atoms with van der Waals surface area (Å²) < 4.78 is 32.1. The van der Waals surface area contributed by atoms with E-state index in [9.17, 15) is 9.90 Å². The third-order valence-corrected chi connectivity index (χ3v) is 5.25. The third kappa shape index (κ3) is 5.50. The topological polar surface area (TPSA) is 122 Å². The fourth-order valence-electron chi connectivity index (χ4n) is 2.86. The van der Waals surface area contributed by atoms with Gasteiger partial charge in [0, 0.05) is 11.6 Å². The maximum atomic E-state index is 11.9. The standard InChI is InChI=1S/C22H22N2O8S/c1-27-14-9-13(10-15(11-14)28-2)20-23-24-22(32-20)33-18(21(25)26)8-12-6-16(29-3)19(31-5)17(7-12)30-4/h6-11H,1-5H3,(H,25,26)/b18-8-. The minimum Gasteiger partial charge on any atom is -0.497 e. The van der Waals surface area contributed by atoms with E-state index in [1.807, 2.05) is 0 Å². The Morgan fingerprint density at radius 3 is 1.97 bits per heavy atom. The maximum Gasteiger partial charge on any atom is 0.342 e. The fourth-order valence-corrected chi connectivity index (χ4v) is 3.54. The number of methoxy groups -OCH3 is 5. The summed E-state index contributed by atoms with van der Waals surface area (Å²) >= 11 is 0.810. The van der Waals surface area contributed by atoms with Gasteiger partial charge in [-0.15, -0.1) is 10.2 Å². The summed E-state index contributed by atoms with van der Waals surface area (Å²) in [6.07, 6.45) is 1.44. The molecule has 33 heavy (non-hydrogen) atoms. The van der Waals surface area contributed by atoms with Gasteiger partial charge in [-0.2, -0.15) is 0 Å². The van der Waals surface area contributed by atoms with Crippen molar-refractivity contribution in [3.63, 3.8) is 0 Å². The second-order valence-electron chi connectivity index (χ2n) is 6.35. The number of thioether (sulfide) groups is 1. The Morgan fingerprint density at radius 1 is 0.879 bits per heavy atom. The number of carboxylic acid groups (broad SMARTS) is 1. The van der Waals surface area contributed by atoms with Gasteiger partial charge in [-0.1, -0.05) is 0 Å². The van der Waals surface area contributed by atoms with Crippen molar-refractivity contribution in [1.82, 2.24) is 10.2 Å². The highest BCUT2D eigenvalue weighted by Gasteiger charge is 2.19. The van der Waals surface area contributed by atoms with Crippen LogP contribution in [-0.2, 0) is 4.79 Å². The molecule has 1 heterocycles. The summed E-state index contributed by atoms with van der Waals surface area (Å²) in [5, 5.41) is 17.7. The first-order valence-electron chi connectivity index (χ1n) is 9.42. The molecule has 11 heteroatoms. The van der Waals surface area contributed by atoms with Crippen LogP contribution in [0.4, 0.5) is 0 Å². The maximum absolute atomic E-state index is 11.9. The van der Waals surface area contributed by atoms with E-state index in [0.29, 0.717) is 39.9 Å². The zero-order valence-electron chi connectivity index (χ0n) is 18.6. The van der Waals surface area contributed by atoms with Gasteiger partial charge < -0.3 is 33.2 Å². The number of hydrogen-bond donors (Lipinski definition) is 1. The van der Waals surface area contributed by atoms with E-state index in [0.717, 1.165) is 11.8 Å². The molecule has 174 valence electrons. The number of carbonyl (C=O) groups is 1. The molecule has 0 amide bonds. The average Bonchev–Trinajstić information content (AvgIpc) is 3.31. The van der Waals surface area contributed by atoms with E-state index in [1.54, 1.807) is 30.3 Å². The number of hydrogen-bond acceptors (Lipinski definition) is 10. The van der Waals surface area contributed by atoms with Gasteiger partial charge in [0.2, 0.25) is 11.6 Å². The van der Waals surface area contributed by atoms with Crippen molar-refractivity contribution in [2.75, 3.05) is 35.5 Å². The van der Waals surface area contributed by atoms with Crippen LogP contribution in [-0.4, -0.2) is 56.8 Å². The highest BCUT2D eigenvalue weighted by molar-refractivity contribution is 8.03. The molecule has 0 aliphatic carbocycles. The summed E-state index contributed by atoms with van der Waals surface area (Å²) in [7, 11) is 7.50. The van der Waals surface area contributed by atoms with Gasteiger partial charge in [-0.05, 0) is 47.7 Å². The van der Waals surface area contributed by atoms with E-state index >= 15 is 0 Å². The summed E-state index contributed by atoms with van der Waals surface area (Å²) in [6, 6.07) is 8.38. The first-order chi connectivity index (χ1) is 15.9. The van der Waals surface area contributed by atoms with Crippen LogP contribution in [0.2, 0.25) is 0 Å². The van der Waals surface area contributed by atoms with Crippen LogP contribution >= 0.6 is 11.8 Å². The lowest BCUT2D eigenvalue weighted by Gasteiger charge is -2.13. The number of ether oxygens (including phenoxy) is 5. The van der Waals surface area contributed by atoms with E-state index in [-0.39, 0.29) is 16.0 Å².